The van der Waals surface area contributed by atoms with Crippen LogP contribution in [0.5, 0.6) is 0 Å². The first-order valence-electron chi connectivity index (χ1n) is 4.57. The SMILES string of the molecule is NNC(=O)C1(c2ccc(Cl)cc2Cl)CC1. The smallest absolute Gasteiger partial charge is 0.244 e. The summed E-state index contributed by atoms with van der Waals surface area (Å²) in [6.07, 6.45) is 1.55. The molecule has 1 saturated carbocycles. The van der Waals surface area contributed by atoms with E-state index < -0.39 is 5.41 Å². The number of amides is 1. The van der Waals surface area contributed by atoms with E-state index in [4.69, 9.17) is 29.0 Å². The third-order valence-corrected chi connectivity index (χ3v) is 3.31. The molecule has 1 aromatic rings. The van der Waals surface area contributed by atoms with Crippen LogP contribution in [0.2, 0.25) is 10.0 Å². The van der Waals surface area contributed by atoms with Crippen LogP contribution in [0.15, 0.2) is 18.2 Å². The molecule has 15 heavy (non-hydrogen) atoms. The van der Waals surface area contributed by atoms with E-state index in [1.165, 1.54) is 0 Å². The monoisotopic (exact) mass is 244 g/mol. The molecular formula is C10H10Cl2N2O. The highest BCUT2D eigenvalue weighted by molar-refractivity contribution is 6.35. The van der Waals surface area contributed by atoms with Crippen LogP contribution in [0, 0.1) is 0 Å². The van der Waals surface area contributed by atoms with Gasteiger partial charge in [-0.3, -0.25) is 10.2 Å². The average molecular weight is 245 g/mol. The van der Waals surface area contributed by atoms with Gasteiger partial charge in [-0.1, -0.05) is 29.3 Å². The van der Waals surface area contributed by atoms with Gasteiger partial charge in [-0.2, -0.15) is 0 Å². The van der Waals surface area contributed by atoms with Crippen LogP contribution < -0.4 is 11.3 Å². The number of rotatable bonds is 2. The molecule has 80 valence electrons. The molecule has 1 amide bonds. The van der Waals surface area contributed by atoms with Gasteiger partial charge in [0.25, 0.3) is 0 Å². The number of nitrogens with two attached hydrogens (primary N) is 1. The van der Waals surface area contributed by atoms with E-state index in [1.54, 1.807) is 18.2 Å². The summed E-state index contributed by atoms with van der Waals surface area (Å²) < 4.78 is 0. The van der Waals surface area contributed by atoms with Crippen molar-refractivity contribution in [2.24, 2.45) is 5.84 Å². The Labute approximate surface area is 97.5 Å². The predicted octanol–water partition coefficient (Wildman–Crippen LogP) is 2.01. The van der Waals surface area contributed by atoms with E-state index in [2.05, 4.69) is 5.43 Å². The van der Waals surface area contributed by atoms with Crippen molar-refractivity contribution in [3.8, 4) is 0 Å². The second-order valence-corrected chi connectivity index (χ2v) is 4.52. The van der Waals surface area contributed by atoms with Gasteiger partial charge in [-0.05, 0) is 30.5 Å². The molecule has 0 saturated heterocycles. The molecule has 0 bridgehead atoms. The second kappa shape index (κ2) is 3.67. The first-order valence-corrected chi connectivity index (χ1v) is 5.32. The Morgan fingerprint density at radius 1 is 1.40 bits per heavy atom. The minimum Gasteiger partial charge on any atom is -0.293 e. The highest BCUT2D eigenvalue weighted by Gasteiger charge is 2.52. The van der Waals surface area contributed by atoms with Gasteiger partial charge in [-0.15, -0.1) is 0 Å². The molecule has 1 fully saturated rings. The first-order chi connectivity index (χ1) is 7.10. The van der Waals surface area contributed by atoms with E-state index in [-0.39, 0.29) is 5.91 Å². The van der Waals surface area contributed by atoms with Crippen molar-refractivity contribution < 1.29 is 4.79 Å². The molecule has 0 unspecified atom stereocenters. The minimum absolute atomic E-state index is 0.188. The second-order valence-electron chi connectivity index (χ2n) is 3.68. The van der Waals surface area contributed by atoms with Crippen molar-refractivity contribution in [3.63, 3.8) is 0 Å². The zero-order valence-corrected chi connectivity index (χ0v) is 9.40. The Hall–Kier alpha value is -0.770. The van der Waals surface area contributed by atoms with Crippen LogP contribution in [-0.2, 0) is 10.2 Å². The molecule has 0 radical (unpaired) electrons. The normalized spacial score (nSPS) is 17.3. The molecule has 0 spiro atoms. The maximum absolute atomic E-state index is 11.6. The topological polar surface area (TPSA) is 55.1 Å². The lowest BCUT2D eigenvalue weighted by atomic mass is 9.95. The number of hydrazine groups is 1. The highest BCUT2D eigenvalue weighted by Crippen LogP contribution is 2.50. The van der Waals surface area contributed by atoms with Crippen LogP contribution in [0.1, 0.15) is 18.4 Å². The van der Waals surface area contributed by atoms with E-state index in [9.17, 15) is 4.79 Å². The van der Waals surface area contributed by atoms with E-state index in [0.717, 1.165) is 18.4 Å². The number of hydrogen-bond donors (Lipinski definition) is 2. The van der Waals surface area contributed by atoms with Crippen LogP contribution >= 0.6 is 23.2 Å². The van der Waals surface area contributed by atoms with Gasteiger partial charge < -0.3 is 0 Å². The molecule has 3 nitrogen and oxygen atoms in total. The maximum Gasteiger partial charge on any atom is 0.244 e. The van der Waals surface area contributed by atoms with Crippen molar-refractivity contribution in [2.45, 2.75) is 18.3 Å². The first kappa shape index (κ1) is 10.7. The molecule has 2 rings (SSSR count). The molecular weight excluding hydrogens is 235 g/mol. The number of nitrogens with one attached hydrogen (secondary N) is 1. The molecule has 1 aromatic carbocycles. The molecule has 5 heteroatoms. The van der Waals surface area contributed by atoms with Crippen LogP contribution in [0.4, 0.5) is 0 Å². The maximum atomic E-state index is 11.6. The lowest BCUT2D eigenvalue weighted by Crippen LogP contribution is -2.39. The van der Waals surface area contributed by atoms with Gasteiger partial charge >= 0.3 is 0 Å². The molecule has 3 N–H and O–H groups in total. The fraction of sp³-hybridized carbons (Fsp3) is 0.300. The van der Waals surface area contributed by atoms with Gasteiger partial charge in [0.1, 0.15) is 0 Å². The van der Waals surface area contributed by atoms with E-state index in [1.807, 2.05) is 0 Å². The summed E-state index contributed by atoms with van der Waals surface area (Å²) in [6, 6.07) is 5.15. The summed E-state index contributed by atoms with van der Waals surface area (Å²) in [7, 11) is 0. The number of carbonyl (C=O) groups excluding carboxylic acids is 1. The quantitative estimate of drug-likeness (QED) is 0.475. The summed E-state index contributed by atoms with van der Waals surface area (Å²) in [4.78, 5) is 11.6. The van der Waals surface area contributed by atoms with Crippen molar-refractivity contribution in [3.05, 3.63) is 33.8 Å². The lowest BCUT2D eigenvalue weighted by Gasteiger charge is -2.15. The summed E-state index contributed by atoms with van der Waals surface area (Å²) in [5, 5.41) is 1.08. The third kappa shape index (κ3) is 1.71. The molecule has 0 atom stereocenters. The van der Waals surface area contributed by atoms with Crippen molar-refractivity contribution in [1.29, 1.82) is 0 Å². The molecule has 0 aliphatic heterocycles. The van der Waals surface area contributed by atoms with Gasteiger partial charge in [0.05, 0.1) is 5.41 Å². The fourth-order valence-corrected chi connectivity index (χ4v) is 2.35. The van der Waals surface area contributed by atoms with Gasteiger partial charge in [0, 0.05) is 10.0 Å². The number of halogens is 2. The Morgan fingerprint density at radius 3 is 2.53 bits per heavy atom. The van der Waals surface area contributed by atoms with Crippen LogP contribution in [0.25, 0.3) is 0 Å². The Bertz CT molecular complexity index is 416. The van der Waals surface area contributed by atoms with Crippen molar-refractivity contribution in [1.82, 2.24) is 5.43 Å². The van der Waals surface area contributed by atoms with Crippen LogP contribution in [-0.4, -0.2) is 5.91 Å². The van der Waals surface area contributed by atoms with Gasteiger partial charge in [0.15, 0.2) is 0 Å². The van der Waals surface area contributed by atoms with Crippen molar-refractivity contribution >= 4 is 29.1 Å². The average Bonchev–Trinajstić information content (AvgIpc) is 2.97. The summed E-state index contributed by atoms with van der Waals surface area (Å²) in [5.41, 5.74) is 2.45. The summed E-state index contributed by atoms with van der Waals surface area (Å²) in [6.45, 7) is 0. The predicted molar refractivity (Wildman–Crippen MR) is 59.7 cm³/mol. The van der Waals surface area contributed by atoms with Gasteiger partial charge in [-0.25, -0.2) is 5.84 Å². The fourth-order valence-electron chi connectivity index (χ4n) is 1.76. The van der Waals surface area contributed by atoms with Gasteiger partial charge in [0.2, 0.25) is 5.91 Å². The Kier molecular flexibility index (Phi) is 2.63. The number of hydrogen-bond acceptors (Lipinski definition) is 2. The molecule has 1 aliphatic rings. The summed E-state index contributed by atoms with van der Waals surface area (Å²) in [5.74, 6) is 4.96. The Morgan fingerprint density at radius 2 is 2.07 bits per heavy atom. The molecule has 1 aliphatic carbocycles. The zero-order chi connectivity index (χ0) is 11.1. The van der Waals surface area contributed by atoms with Crippen molar-refractivity contribution in [2.75, 3.05) is 0 Å². The molecule has 0 aromatic heterocycles. The highest BCUT2D eigenvalue weighted by atomic mass is 35.5. The molecule has 0 heterocycles. The summed E-state index contributed by atoms with van der Waals surface area (Å²) >= 11 is 11.8. The number of carbonyl (C=O) groups is 1. The van der Waals surface area contributed by atoms with E-state index >= 15 is 0 Å². The Balaban J connectivity index is 2.42. The lowest BCUT2D eigenvalue weighted by molar-refractivity contribution is -0.123. The number of benzene rings is 1. The minimum atomic E-state index is -0.531. The zero-order valence-electron chi connectivity index (χ0n) is 7.89. The third-order valence-electron chi connectivity index (χ3n) is 2.76. The standard InChI is InChI=1S/C10H10Cl2N2O/c11-6-1-2-7(8(12)5-6)10(3-4-10)9(15)14-13/h1-2,5H,3-4,13H2,(H,14,15). The van der Waals surface area contributed by atoms with E-state index in [0.29, 0.717) is 10.0 Å². The van der Waals surface area contributed by atoms with Crippen LogP contribution in [0.3, 0.4) is 0 Å². The largest absolute Gasteiger partial charge is 0.293 e.